The molecule has 4 aromatic rings. The van der Waals surface area contributed by atoms with Crippen LogP contribution in [0.3, 0.4) is 0 Å². The summed E-state index contributed by atoms with van der Waals surface area (Å²) in [4.78, 5) is 28.4. The monoisotopic (exact) mass is 1020 g/mol. The molecule has 1 saturated carbocycles. The minimum absolute atomic E-state index is 0.0361. The number of phenolic OH excluding ortho intramolecular Hbond substituents is 1. The van der Waals surface area contributed by atoms with Gasteiger partial charge in [0.05, 0.1) is 11.1 Å². The van der Waals surface area contributed by atoms with E-state index in [1.165, 1.54) is 6.07 Å². The van der Waals surface area contributed by atoms with E-state index in [2.05, 4.69) is 0 Å². The minimum atomic E-state index is -2.65. The lowest BCUT2D eigenvalue weighted by atomic mass is 9.33. The third-order valence-electron chi connectivity index (χ3n) is 24.2. The largest absolute Gasteiger partial charge is 0.507 e. The van der Waals surface area contributed by atoms with Crippen molar-refractivity contribution in [2.24, 2.45) is 0 Å². The predicted octanol–water partition coefficient (Wildman–Crippen LogP) is 1.50. The molecular weight excluding hydrogens is 993 g/mol. The number of aromatic hydroxyl groups is 1. The number of aliphatic hydroxyl groups is 5. The van der Waals surface area contributed by atoms with Crippen LogP contribution in [0.2, 0.25) is 0 Å². The summed E-state index contributed by atoms with van der Waals surface area (Å²) in [5.41, 5.74) is -12.3. The van der Waals surface area contributed by atoms with Crippen molar-refractivity contribution < 1.29 is 69.4 Å². The first-order valence-electron chi connectivity index (χ1n) is 26.3. The number of aliphatic hydroxyl groups excluding tert-OH is 1. The molecule has 4 aliphatic heterocycles. The summed E-state index contributed by atoms with van der Waals surface area (Å²) in [5, 5.41) is 110. The Hall–Kier alpha value is -8.28. The standard InChI is InChI=1S/C64H24O14/c65-32-12-20-9-21-6-2-18-3-7-23-10-19-11-30-39-34-35-45-47-42-29(15-24-14-28(32)41-38(20)55(73)50(46(35)58(41)56(24,47)75-58)61(36(19)34)57(23,76-61)49(18)54(21,55)72)33(52(69)70)25-8-4-17-1-5-22-13-26-27(51(67)68)16-31(48(30)66)43-44(26)62(74)53(22,71)37(17)40(25)60(42)64(62,78-60)63(45)59(39,43)77-63/h1-16,65-66,71-74H,(H,67,68)(H,69,70)/t53?,54-,55-,56+,57-,58-,59+,60+,61-,62+,63+,64-/m0/s1. The Morgan fingerprint density at radius 1 is 0.526 bits per heavy atom. The summed E-state index contributed by atoms with van der Waals surface area (Å²) in [6.07, 6.45) is 20.2. The van der Waals surface area contributed by atoms with Gasteiger partial charge in [-0.05, 0) is 120 Å². The number of allylic oxidation sites excluding steroid dienone is 4. The molecule has 8 spiro atoms. The topological polar surface area (TPSA) is 246 Å². The lowest BCUT2D eigenvalue weighted by Crippen LogP contribution is -2.79. The zero-order chi connectivity index (χ0) is 50.9. The number of carbonyl (C=O) groups is 2. The van der Waals surface area contributed by atoms with Gasteiger partial charge >= 0.3 is 11.9 Å². The third-order valence-corrected chi connectivity index (χ3v) is 24.2. The predicted molar refractivity (Wildman–Crippen MR) is 262 cm³/mol. The highest BCUT2D eigenvalue weighted by molar-refractivity contribution is 6.21. The smallest absolute Gasteiger partial charge is 0.336 e. The molecule has 0 aromatic heterocycles. The third kappa shape index (κ3) is 2.23. The fraction of sp³-hybridized carbons (Fsp3) is 0.188. The van der Waals surface area contributed by atoms with E-state index in [4.69, 9.17) is 18.9 Å². The van der Waals surface area contributed by atoms with Crippen molar-refractivity contribution in [3.8, 4) is 5.75 Å². The van der Waals surface area contributed by atoms with Gasteiger partial charge in [0.1, 0.15) is 11.5 Å². The number of epoxide rings is 4. The fourth-order valence-corrected chi connectivity index (χ4v) is 22.6. The Morgan fingerprint density at radius 3 is 2.15 bits per heavy atom. The van der Waals surface area contributed by atoms with Crippen LogP contribution in [0.5, 0.6) is 5.75 Å². The molecule has 4 aromatic carbocycles. The van der Waals surface area contributed by atoms with Crippen LogP contribution < -0.4 is 20.9 Å². The Bertz CT molecular complexity index is 5410. The summed E-state index contributed by atoms with van der Waals surface area (Å²) in [6, 6.07) is 8.42. The molecule has 4 saturated heterocycles. The van der Waals surface area contributed by atoms with Crippen LogP contribution in [0.25, 0.3) is 47.3 Å². The minimum Gasteiger partial charge on any atom is -0.507 e. The van der Waals surface area contributed by atoms with Crippen LogP contribution in [-0.2, 0) is 62.9 Å². The first-order valence-corrected chi connectivity index (χ1v) is 26.3. The van der Waals surface area contributed by atoms with Gasteiger partial charge in [-0.1, -0.05) is 48.6 Å². The van der Waals surface area contributed by atoms with E-state index in [1.807, 2.05) is 54.7 Å². The molecule has 78 heavy (non-hydrogen) atoms. The molecule has 0 bridgehead atoms. The van der Waals surface area contributed by atoms with Gasteiger partial charge < -0.3 is 59.8 Å². The SMILES string of the molecule is O=C(O)C1=c2ccc3c4c2[C@]25O[C@@]26[C@]27O[C@@]28c2c(cc9c%10c2C2=C7C7=C5C1=CC1=Cc5c(O)cc%11c%12c5[C@]5(O[C@]175)C2=C1[C@]%12(O)[C@]2(O)C(=C%11)C=CC5=C2[C@@]2(O[C@]1%102)C(=C9)C=C5)C(O)=c1cc(C(=O)O)c2c(c18)[C@@]6(O)C4(O)C(=CC=3)C=2. The first-order chi connectivity index (χ1) is 37.5. The molecule has 8 N–H and O–H groups in total. The van der Waals surface area contributed by atoms with E-state index < -0.39 is 79.2 Å². The summed E-state index contributed by atoms with van der Waals surface area (Å²) < 4.78 is 31.7. The van der Waals surface area contributed by atoms with Crippen LogP contribution in [0.15, 0.2) is 134 Å². The molecule has 0 amide bonds. The van der Waals surface area contributed by atoms with Crippen LogP contribution in [0.4, 0.5) is 0 Å². The van der Waals surface area contributed by atoms with E-state index in [-0.39, 0.29) is 66.1 Å². The number of aromatic carboxylic acids is 1. The van der Waals surface area contributed by atoms with Crippen molar-refractivity contribution in [2.75, 3.05) is 0 Å². The van der Waals surface area contributed by atoms with Crippen LogP contribution in [0.1, 0.15) is 82.7 Å². The molecule has 18 aliphatic carbocycles. The average molecular weight is 1020 g/mol. The highest BCUT2D eigenvalue weighted by Gasteiger charge is 3.10. The van der Waals surface area contributed by atoms with Gasteiger partial charge in [0.2, 0.25) is 0 Å². The van der Waals surface area contributed by atoms with Gasteiger partial charge in [-0.15, -0.1) is 0 Å². The van der Waals surface area contributed by atoms with Gasteiger partial charge in [-0.2, -0.15) is 0 Å². The number of benzene rings is 4. The number of carboxylic acid groups (broad SMARTS) is 2. The van der Waals surface area contributed by atoms with Gasteiger partial charge in [0.25, 0.3) is 0 Å². The number of ether oxygens (including phenoxy) is 4. The second-order valence-electron chi connectivity index (χ2n) is 25.4. The van der Waals surface area contributed by atoms with Crippen molar-refractivity contribution in [3.05, 3.63) is 232 Å². The Balaban J connectivity index is 1.02. The Labute approximate surface area is 432 Å². The summed E-state index contributed by atoms with van der Waals surface area (Å²) in [5.74, 6) is -3.00. The zero-order valence-corrected chi connectivity index (χ0v) is 39.3. The van der Waals surface area contributed by atoms with E-state index in [9.17, 15) is 40.2 Å². The van der Waals surface area contributed by atoms with Crippen LogP contribution in [-0.4, -0.2) is 80.8 Å². The lowest BCUT2D eigenvalue weighted by Gasteiger charge is -2.66. The number of rotatable bonds is 2. The van der Waals surface area contributed by atoms with Crippen molar-refractivity contribution in [1.29, 1.82) is 0 Å². The quantitative estimate of drug-likeness (QED) is 0.133. The molecule has 364 valence electrons. The van der Waals surface area contributed by atoms with Crippen molar-refractivity contribution >= 4 is 59.2 Å². The second-order valence-corrected chi connectivity index (χ2v) is 25.4. The molecule has 14 heteroatoms. The number of hydrogen-bond donors (Lipinski definition) is 8. The maximum Gasteiger partial charge on any atom is 0.336 e. The molecule has 26 rings (SSSR count). The number of hydrogen-bond acceptors (Lipinski definition) is 12. The number of phenols is 1. The van der Waals surface area contributed by atoms with Crippen molar-refractivity contribution in [3.63, 3.8) is 0 Å². The maximum absolute atomic E-state index is 15.3. The fourth-order valence-electron chi connectivity index (χ4n) is 22.6. The molecular formula is C64H24O14. The van der Waals surface area contributed by atoms with Crippen molar-refractivity contribution in [2.45, 2.75) is 67.2 Å². The molecule has 12 atom stereocenters. The van der Waals surface area contributed by atoms with Gasteiger partial charge in [-0.25, -0.2) is 9.59 Å². The highest BCUT2D eigenvalue weighted by Crippen LogP contribution is 3.00. The van der Waals surface area contributed by atoms with E-state index in [0.29, 0.717) is 122 Å². The Kier molecular flexibility index (Phi) is 4.03. The number of aliphatic carboxylic acids is 1. The second kappa shape index (κ2) is 8.57. The molecule has 4 heterocycles. The highest BCUT2D eigenvalue weighted by atomic mass is 16.7. The molecule has 5 fully saturated rings. The summed E-state index contributed by atoms with van der Waals surface area (Å²) in [6.45, 7) is 0. The van der Waals surface area contributed by atoms with E-state index >= 15 is 10.2 Å². The van der Waals surface area contributed by atoms with Gasteiger partial charge in [0, 0.05) is 94.3 Å². The average Bonchev–Trinajstić information content (AvgIpc) is 1.37. The molecule has 22 aliphatic rings. The molecule has 14 nitrogen and oxygen atoms in total. The van der Waals surface area contributed by atoms with Crippen LogP contribution >= 0.6 is 0 Å². The van der Waals surface area contributed by atoms with Crippen LogP contribution in [0, 0.1) is 0 Å². The first kappa shape index (κ1) is 36.7. The lowest BCUT2D eigenvalue weighted by molar-refractivity contribution is -0.203. The van der Waals surface area contributed by atoms with E-state index in [0.717, 1.165) is 0 Å². The van der Waals surface area contributed by atoms with Crippen molar-refractivity contribution in [1.82, 2.24) is 0 Å². The Morgan fingerprint density at radius 2 is 1.32 bits per heavy atom. The maximum atomic E-state index is 15.3. The normalized spacial score (nSPS) is 45.6. The van der Waals surface area contributed by atoms with E-state index in [1.54, 1.807) is 36.4 Å². The number of carboxylic acids is 2. The van der Waals surface area contributed by atoms with Gasteiger partial charge in [0.15, 0.2) is 67.2 Å². The summed E-state index contributed by atoms with van der Waals surface area (Å²) >= 11 is 0. The summed E-state index contributed by atoms with van der Waals surface area (Å²) in [7, 11) is 0. The molecule has 0 radical (unpaired) electrons. The van der Waals surface area contributed by atoms with Gasteiger partial charge in [-0.3, -0.25) is 0 Å². The molecule has 1 unspecified atom stereocenters. The zero-order valence-electron chi connectivity index (χ0n) is 39.3.